The number of alkyl halides is 3. The van der Waals surface area contributed by atoms with Crippen LogP contribution in [0.4, 0.5) is 17.6 Å². The smallest absolute Gasteiger partial charge is 0.416 e. The number of hydrogen-bond donors (Lipinski definition) is 2. The fourth-order valence-corrected chi connectivity index (χ4v) is 4.61. The molecule has 2 aromatic carbocycles. The fraction of sp³-hybridized carbons (Fsp3) is 0.333. The Hall–Kier alpha value is -3.36. The molecule has 1 amide bonds. The Morgan fingerprint density at radius 3 is 2.39 bits per heavy atom. The van der Waals surface area contributed by atoms with E-state index >= 15 is 0 Å². The van der Waals surface area contributed by atoms with Gasteiger partial charge in [-0.25, -0.2) is 4.39 Å². The van der Waals surface area contributed by atoms with Gasteiger partial charge in [-0.3, -0.25) is 9.59 Å². The lowest BCUT2D eigenvalue weighted by Gasteiger charge is -2.44. The number of fused-ring (bicyclic) bond motifs is 1. The van der Waals surface area contributed by atoms with Crippen LogP contribution >= 0.6 is 0 Å². The number of carboxylic acid groups (broad SMARTS) is 1. The van der Waals surface area contributed by atoms with Crippen molar-refractivity contribution in [1.82, 2.24) is 9.88 Å². The van der Waals surface area contributed by atoms with Crippen molar-refractivity contribution >= 4 is 22.8 Å². The van der Waals surface area contributed by atoms with Crippen molar-refractivity contribution in [2.45, 2.75) is 44.9 Å². The van der Waals surface area contributed by atoms with Crippen molar-refractivity contribution in [3.63, 3.8) is 0 Å². The number of aliphatic carboxylic acids is 1. The summed E-state index contributed by atoms with van der Waals surface area (Å²) in [7, 11) is 0. The number of benzene rings is 2. The zero-order valence-electron chi connectivity index (χ0n) is 17.7. The number of carboxylic acids is 1. The summed E-state index contributed by atoms with van der Waals surface area (Å²) in [6.45, 7) is 2.01. The highest BCUT2D eigenvalue weighted by atomic mass is 19.4. The van der Waals surface area contributed by atoms with E-state index in [9.17, 15) is 27.2 Å². The van der Waals surface area contributed by atoms with Crippen molar-refractivity contribution in [2.24, 2.45) is 5.41 Å². The standard InChI is InChI=1S/C24H22F4N2O3/c1-23(12-20(31)32)10-16(11-23)29-22(33)18-6-7-19(25)17-8-9-30(21(17)18)13-14-2-4-15(5-3-14)24(26,27)28/h2-9,16H,10-13H2,1H3,(H,29,33)(H,31,32). The Kier molecular flexibility index (Phi) is 5.67. The SMILES string of the molecule is CC1(CC(=O)O)CC(NC(=O)c2ccc(F)c3ccn(Cc4ccc(C(F)(F)F)cc4)c23)C1. The van der Waals surface area contributed by atoms with Crippen LogP contribution in [0.3, 0.4) is 0 Å². The van der Waals surface area contributed by atoms with Gasteiger partial charge < -0.3 is 15.0 Å². The summed E-state index contributed by atoms with van der Waals surface area (Å²) in [5.41, 5.74) is 0.0323. The molecule has 2 N–H and O–H groups in total. The number of carbonyl (C=O) groups excluding carboxylic acids is 1. The van der Waals surface area contributed by atoms with Crippen LogP contribution in [0.15, 0.2) is 48.7 Å². The van der Waals surface area contributed by atoms with Gasteiger partial charge in [0.2, 0.25) is 0 Å². The zero-order valence-corrected chi connectivity index (χ0v) is 17.7. The molecular weight excluding hydrogens is 440 g/mol. The van der Waals surface area contributed by atoms with Crippen molar-refractivity contribution < 1.29 is 32.3 Å². The minimum absolute atomic E-state index is 0.0240. The van der Waals surface area contributed by atoms with Crippen LogP contribution in [-0.4, -0.2) is 27.6 Å². The van der Waals surface area contributed by atoms with Gasteiger partial charge in [0, 0.05) is 24.2 Å². The number of nitrogens with zero attached hydrogens (tertiary/aromatic N) is 1. The van der Waals surface area contributed by atoms with Gasteiger partial charge in [0.15, 0.2) is 0 Å². The van der Waals surface area contributed by atoms with Crippen LogP contribution in [0.2, 0.25) is 0 Å². The summed E-state index contributed by atoms with van der Waals surface area (Å²) in [5, 5.41) is 12.1. The maximum atomic E-state index is 14.4. The maximum Gasteiger partial charge on any atom is 0.416 e. The molecule has 0 saturated heterocycles. The molecule has 3 aromatic rings. The van der Waals surface area contributed by atoms with Gasteiger partial charge >= 0.3 is 12.1 Å². The van der Waals surface area contributed by atoms with Crippen molar-refractivity contribution in [3.05, 3.63) is 71.2 Å². The van der Waals surface area contributed by atoms with Crippen LogP contribution < -0.4 is 5.32 Å². The van der Waals surface area contributed by atoms with Gasteiger partial charge in [0.25, 0.3) is 5.91 Å². The maximum absolute atomic E-state index is 14.4. The van der Waals surface area contributed by atoms with Crippen molar-refractivity contribution in [1.29, 1.82) is 0 Å². The van der Waals surface area contributed by atoms with Gasteiger partial charge in [-0.2, -0.15) is 13.2 Å². The molecule has 33 heavy (non-hydrogen) atoms. The average Bonchev–Trinajstić information content (AvgIpc) is 3.11. The normalized spacial score (nSPS) is 20.5. The van der Waals surface area contributed by atoms with Gasteiger partial charge in [0.1, 0.15) is 5.82 Å². The topological polar surface area (TPSA) is 71.3 Å². The minimum atomic E-state index is -4.44. The van der Waals surface area contributed by atoms with Crippen molar-refractivity contribution in [2.75, 3.05) is 0 Å². The lowest BCUT2D eigenvalue weighted by atomic mass is 9.65. The lowest BCUT2D eigenvalue weighted by Crippen LogP contribution is -2.50. The molecule has 4 rings (SSSR count). The highest BCUT2D eigenvalue weighted by Crippen LogP contribution is 2.43. The first-order valence-electron chi connectivity index (χ1n) is 10.4. The zero-order chi connectivity index (χ0) is 24.0. The monoisotopic (exact) mass is 462 g/mol. The van der Waals surface area contributed by atoms with Crippen LogP contribution in [0, 0.1) is 11.2 Å². The molecule has 1 aliphatic carbocycles. The molecule has 1 aromatic heterocycles. The molecular formula is C24H22F4N2O3. The third-order valence-electron chi connectivity index (χ3n) is 6.14. The fourth-order valence-electron chi connectivity index (χ4n) is 4.61. The Morgan fingerprint density at radius 1 is 1.12 bits per heavy atom. The van der Waals surface area contributed by atoms with E-state index < -0.39 is 29.4 Å². The van der Waals surface area contributed by atoms with E-state index in [-0.39, 0.29) is 35.4 Å². The molecule has 1 heterocycles. The molecule has 5 nitrogen and oxygen atoms in total. The van der Waals surface area contributed by atoms with E-state index in [1.54, 1.807) is 10.8 Å². The van der Waals surface area contributed by atoms with E-state index in [1.165, 1.54) is 30.3 Å². The van der Waals surface area contributed by atoms with Crippen molar-refractivity contribution in [3.8, 4) is 0 Å². The molecule has 0 unspecified atom stereocenters. The largest absolute Gasteiger partial charge is 0.481 e. The third-order valence-corrected chi connectivity index (χ3v) is 6.14. The third kappa shape index (κ3) is 4.72. The quantitative estimate of drug-likeness (QED) is 0.494. The first-order chi connectivity index (χ1) is 15.4. The summed E-state index contributed by atoms with van der Waals surface area (Å²) < 4.78 is 54.5. The predicted octanol–water partition coefficient (Wildman–Crippen LogP) is 5.22. The summed E-state index contributed by atoms with van der Waals surface area (Å²) in [5.74, 6) is -1.80. The van der Waals surface area contributed by atoms with Crippen LogP contribution in [-0.2, 0) is 17.5 Å². The average molecular weight is 462 g/mol. The van der Waals surface area contributed by atoms with Gasteiger partial charge in [-0.1, -0.05) is 19.1 Å². The number of amides is 1. The summed E-state index contributed by atoms with van der Waals surface area (Å²) in [6, 6.07) is 8.61. The highest BCUT2D eigenvalue weighted by Gasteiger charge is 2.42. The second-order valence-corrected chi connectivity index (χ2v) is 8.96. The first-order valence-corrected chi connectivity index (χ1v) is 10.4. The summed E-state index contributed by atoms with van der Waals surface area (Å²) >= 11 is 0. The first kappa shape index (κ1) is 22.8. The Balaban J connectivity index is 1.56. The molecule has 1 aliphatic rings. The van der Waals surface area contributed by atoms with E-state index in [4.69, 9.17) is 5.11 Å². The van der Waals surface area contributed by atoms with Gasteiger partial charge in [-0.15, -0.1) is 0 Å². The number of hydrogen-bond acceptors (Lipinski definition) is 2. The van der Waals surface area contributed by atoms with Gasteiger partial charge in [-0.05, 0) is 54.2 Å². The van der Waals surface area contributed by atoms with Crippen LogP contribution in [0.25, 0.3) is 10.9 Å². The Bertz CT molecular complexity index is 1210. The Morgan fingerprint density at radius 2 is 1.79 bits per heavy atom. The molecule has 0 atom stereocenters. The number of aromatic nitrogens is 1. The summed E-state index contributed by atoms with van der Waals surface area (Å²) in [6.07, 6.45) is -1.76. The number of rotatable bonds is 6. The minimum Gasteiger partial charge on any atom is -0.481 e. The Labute approximate surface area is 187 Å². The summed E-state index contributed by atoms with van der Waals surface area (Å²) in [4.78, 5) is 24.0. The van der Waals surface area contributed by atoms with E-state index in [2.05, 4.69) is 5.32 Å². The van der Waals surface area contributed by atoms with E-state index in [0.717, 1.165) is 12.1 Å². The molecule has 9 heteroatoms. The second-order valence-electron chi connectivity index (χ2n) is 8.96. The second kappa shape index (κ2) is 8.20. The molecule has 0 radical (unpaired) electrons. The number of halogens is 4. The molecule has 1 saturated carbocycles. The number of carbonyl (C=O) groups is 2. The predicted molar refractivity (Wildman–Crippen MR) is 113 cm³/mol. The molecule has 0 aliphatic heterocycles. The van der Waals surface area contributed by atoms with Crippen LogP contribution in [0.5, 0.6) is 0 Å². The van der Waals surface area contributed by atoms with E-state index in [0.29, 0.717) is 23.9 Å². The molecule has 174 valence electrons. The molecule has 1 fully saturated rings. The van der Waals surface area contributed by atoms with Crippen LogP contribution in [0.1, 0.15) is 47.7 Å². The number of nitrogens with one attached hydrogen (secondary N) is 1. The molecule has 0 spiro atoms. The lowest BCUT2D eigenvalue weighted by molar-refractivity contribution is -0.141. The molecule has 0 bridgehead atoms. The van der Waals surface area contributed by atoms with Gasteiger partial charge in [0.05, 0.1) is 23.1 Å². The highest BCUT2D eigenvalue weighted by molar-refractivity contribution is 6.06. The van der Waals surface area contributed by atoms with E-state index in [1.807, 2.05) is 6.92 Å².